The molecule has 4 nitrogen and oxygen atoms in total. The summed E-state index contributed by atoms with van der Waals surface area (Å²) in [4.78, 5) is 14.7. The van der Waals surface area contributed by atoms with Crippen molar-refractivity contribution >= 4 is 5.91 Å². The summed E-state index contributed by atoms with van der Waals surface area (Å²) in [5.74, 6) is 1.69. The Morgan fingerprint density at radius 3 is 2.23 bits per heavy atom. The van der Waals surface area contributed by atoms with Gasteiger partial charge in [-0.05, 0) is 62.4 Å². The van der Waals surface area contributed by atoms with Crippen molar-refractivity contribution in [2.45, 2.75) is 46.2 Å². The summed E-state index contributed by atoms with van der Waals surface area (Å²) in [6.45, 7) is 6.81. The molecule has 0 saturated heterocycles. The van der Waals surface area contributed by atoms with Crippen molar-refractivity contribution in [2.75, 3.05) is 13.7 Å². The summed E-state index contributed by atoms with van der Waals surface area (Å²) in [5, 5.41) is 0. The van der Waals surface area contributed by atoms with Gasteiger partial charge in [0, 0.05) is 12.6 Å². The number of nitrogens with zero attached hydrogens (tertiary/aromatic N) is 1. The van der Waals surface area contributed by atoms with Crippen molar-refractivity contribution in [3.63, 3.8) is 0 Å². The van der Waals surface area contributed by atoms with Gasteiger partial charge in [-0.1, -0.05) is 29.8 Å². The number of methoxy groups -OCH3 is 1. The maximum Gasteiger partial charge on any atom is 0.261 e. The van der Waals surface area contributed by atoms with Crippen molar-refractivity contribution < 1.29 is 14.3 Å². The molecule has 0 heterocycles. The lowest BCUT2D eigenvalue weighted by Crippen LogP contribution is -2.36. The van der Waals surface area contributed by atoms with Gasteiger partial charge in [-0.25, -0.2) is 0 Å². The highest BCUT2D eigenvalue weighted by Crippen LogP contribution is 2.29. The van der Waals surface area contributed by atoms with E-state index in [0.29, 0.717) is 12.6 Å². The van der Waals surface area contributed by atoms with Gasteiger partial charge in [-0.2, -0.15) is 0 Å². The van der Waals surface area contributed by atoms with Crippen LogP contribution >= 0.6 is 0 Å². The number of ether oxygens (including phenoxy) is 2. The van der Waals surface area contributed by atoms with Crippen molar-refractivity contribution in [2.24, 2.45) is 0 Å². The SMILES string of the molecule is COc1ccc(CN(C(=O)COc2c(C)cc(C)cc2C)C2CC2)cc1. The summed E-state index contributed by atoms with van der Waals surface area (Å²) >= 11 is 0. The third-order valence-corrected chi connectivity index (χ3v) is 4.76. The number of carbonyl (C=O) groups is 1. The van der Waals surface area contributed by atoms with E-state index in [1.165, 1.54) is 5.56 Å². The minimum absolute atomic E-state index is 0.0442. The summed E-state index contributed by atoms with van der Waals surface area (Å²) < 4.78 is 11.1. The zero-order chi connectivity index (χ0) is 18.7. The number of hydrogen-bond acceptors (Lipinski definition) is 3. The monoisotopic (exact) mass is 353 g/mol. The fourth-order valence-corrected chi connectivity index (χ4v) is 3.35. The molecule has 0 spiro atoms. The van der Waals surface area contributed by atoms with Crippen LogP contribution in [0, 0.1) is 20.8 Å². The topological polar surface area (TPSA) is 38.8 Å². The summed E-state index contributed by atoms with van der Waals surface area (Å²) in [5.41, 5.74) is 4.46. The van der Waals surface area contributed by atoms with Gasteiger partial charge in [0.15, 0.2) is 6.61 Å². The number of rotatable bonds is 7. The first-order valence-electron chi connectivity index (χ1n) is 9.11. The van der Waals surface area contributed by atoms with Gasteiger partial charge in [0.1, 0.15) is 11.5 Å². The standard InChI is InChI=1S/C22H27NO3/c1-15-11-16(2)22(17(3)12-15)26-14-21(24)23(19-7-8-19)13-18-5-9-20(25-4)10-6-18/h5-6,9-12,19H,7-8,13-14H2,1-4H3. The van der Waals surface area contributed by atoms with E-state index in [0.717, 1.165) is 41.0 Å². The first-order chi connectivity index (χ1) is 12.5. The molecule has 2 aromatic carbocycles. The lowest BCUT2D eigenvalue weighted by atomic mass is 10.1. The number of hydrogen-bond donors (Lipinski definition) is 0. The van der Waals surface area contributed by atoms with E-state index in [9.17, 15) is 4.79 Å². The van der Waals surface area contributed by atoms with Crippen molar-refractivity contribution in [3.05, 3.63) is 58.7 Å². The third kappa shape index (κ3) is 4.37. The fraction of sp³-hybridized carbons (Fsp3) is 0.409. The van der Waals surface area contributed by atoms with Crippen molar-refractivity contribution in [1.82, 2.24) is 4.90 Å². The highest BCUT2D eigenvalue weighted by atomic mass is 16.5. The molecule has 0 aromatic heterocycles. The molecule has 1 aliphatic carbocycles. The molecule has 2 aromatic rings. The van der Waals surface area contributed by atoms with Gasteiger partial charge < -0.3 is 14.4 Å². The Morgan fingerprint density at radius 2 is 1.69 bits per heavy atom. The molecule has 26 heavy (non-hydrogen) atoms. The van der Waals surface area contributed by atoms with E-state index in [-0.39, 0.29) is 12.5 Å². The molecule has 3 rings (SSSR count). The van der Waals surface area contributed by atoms with Gasteiger partial charge >= 0.3 is 0 Å². The zero-order valence-electron chi connectivity index (χ0n) is 16.0. The zero-order valence-corrected chi connectivity index (χ0v) is 16.0. The van der Waals surface area contributed by atoms with E-state index >= 15 is 0 Å². The van der Waals surface area contributed by atoms with Gasteiger partial charge in [-0.15, -0.1) is 0 Å². The van der Waals surface area contributed by atoms with Crippen LogP contribution in [0.5, 0.6) is 11.5 Å². The van der Waals surface area contributed by atoms with Crippen LogP contribution in [0.4, 0.5) is 0 Å². The quantitative estimate of drug-likeness (QED) is 0.749. The van der Waals surface area contributed by atoms with Crippen LogP contribution in [0.15, 0.2) is 36.4 Å². The van der Waals surface area contributed by atoms with E-state index in [4.69, 9.17) is 9.47 Å². The van der Waals surface area contributed by atoms with Crippen LogP contribution in [0.3, 0.4) is 0 Å². The smallest absolute Gasteiger partial charge is 0.261 e. The lowest BCUT2D eigenvalue weighted by molar-refractivity contribution is -0.134. The fourth-order valence-electron chi connectivity index (χ4n) is 3.35. The molecule has 1 aliphatic rings. The molecular weight excluding hydrogens is 326 g/mol. The Morgan fingerprint density at radius 1 is 1.08 bits per heavy atom. The maximum absolute atomic E-state index is 12.8. The van der Waals surface area contributed by atoms with E-state index in [1.807, 2.05) is 43.0 Å². The Kier molecular flexibility index (Phi) is 5.50. The average Bonchev–Trinajstić information content (AvgIpc) is 3.44. The highest BCUT2D eigenvalue weighted by molar-refractivity contribution is 5.78. The predicted octanol–water partition coefficient (Wildman–Crippen LogP) is 4.19. The van der Waals surface area contributed by atoms with Gasteiger partial charge in [0.05, 0.1) is 7.11 Å². The number of benzene rings is 2. The van der Waals surface area contributed by atoms with Gasteiger partial charge in [0.25, 0.3) is 5.91 Å². The highest BCUT2D eigenvalue weighted by Gasteiger charge is 2.32. The number of amides is 1. The summed E-state index contributed by atoms with van der Waals surface area (Å²) in [6.07, 6.45) is 2.15. The summed E-state index contributed by atoms with van der Waals surface area (Å²) in [7, 11) is 1.65. The molecule has 0 unspecified atom stereocenters. The maximum atomic E-state index is 12.8. The second-order valence-electron chi connectivity index (χ2n) is 7.12. The molecular formula is C22H27NO3. The molecule has 138 valence electrons. The van der Waals surface area contributed by atoms with E-state index in [2.05, 4.69) is 19.1 Å². The summed E-state index contributed by atoms with van der Waals surface area (Å²) in [6, 6.07) is 12.4. The Bertz CT molecular complexity index is 755. The van der Waals surface area contributed by atoms with Crippen LogP contribution in [0.25, 0.3) is 0 Å². The second-order valence-corrected chi connectivity index (χ2v) is 7.12. The van der Waals surface area contributed by atoms with Crippen molar-refractivity contribution in [1.29, 1.82) is 0 Å². The second kappa shape index (κ2) is 7.81. The van der Waals surface area contributed by atoms with Crippen LogP contribution < -0.4 is 9.47 Å². The molecule has 1 amide bonds. The van der Waals surface area contributed by atoms with Gasteiger partial charge in [-0.3, -0.25) is 4.79 Å². The normalized spacial score (nSPS) is 13.4. The lowest BCUT2D eigenvalue weighted by Gasteiger charge is -2.23. The minimum atomic E-state index is 0.0442. The average molecular weight is 353 g/mol. The van der Waals surface area contributed by atoms with E-state index < -0.39 is 0 Å². The van der Waals surface area contributed by atoms with Crippen LogP contribution in [-0.4, -0.2) is 30.6 Å². The third-order valence-electron chi connectivity index (χ3n) is 4.76. The molecule has 0 N–H and O–H groups in total. The Labute approximate surface area is 155 Å². The predicted molar refractivity (Wildman–Crippen MR) is 103 cm³/mol. The minimum Gasteiger partial charge on any atom is -0.497 e. The van der Waals surface area contributed by atoms with Crippen LogP contribution in [0.2, 0.25) is 0 Å². The Hall–Kier alpha value is -2.49. The molecule has 0 bridgehead atoms. The number of carbonyl (C=O) groups excluding carboxylic acids is 1. The van der Waals surface area contributed by atoms with Gasteiger partial charge in [0.2, 0.25) is 0 Å². The van der Waals surface area contributed by atoms with Crippen LogP contribution in [0.1, 0.15) is 35.1 Å². The van der Waals surface area contributed by atoms with E-state index in [1.54, 1.807) is 7.11 Å². The largest absolute Gasteiger partial charge is 0.497 e. The Balaban J connectivity index is 1.66. The molecule has 4 heteroatoms. The van der Waals surface area contributed by atoms with Crippen LogP contribution in [-0.2, 0) is 11.3 Å². The molecule has 0 radical (unpaired) electrons. The first kappa shape index (κ1) is 18.3. The molecule has 0 atom stereocenters. The molecule has 0 aliphatic heterocycles. The molecule has 1 saturated carbocycles. The molecule has 1 fully saturated rings. The van der Waals surface area contributed by atoms with Crippen molar-refractivity contribution in [3.8, 4) is 11.5 Å². The first-order valence-corrected chi connectivity index (χ1v) is 9.11. The number of aryl methyl sites for hydroxylation is 3.